The van der Waals surface area contributed by atoms with Crippen LogP contribution in [0.1, 0.15) is 43.4 Å². The van der Waals surface area contributed by atoms with E-state index >= 15 is 0 Å². The maximum atomic E-state index is 3.76. The van der Waals surface area contributed by atoms with Gasteiger partial charge in [-0.25, -0.2) is 0 Å². The molecule has 0 N–H and O–H groups in total. The van der Waals surface area contributed by atoms with E-state index in [9.17, 15) is 0 Å². The molecule has 98 valence electrons. The molecule has 0 bridgehead atoms. The third-order valence-electron chi connectivity index (χ3n) is 3.20. The average molecular weight is 243 g/mol. The molecule has 0 heterocycles. The number of nitrogens with zero attached hydrogens (tertiary/aromatic N) is 1. The van der Waals surface area contributed by atoms with Gasteiger partial charge in [0.2, 0.25) is 0 Å². The first kappa shape index (κ1) is 14.6. The van der Waals surface area contributed by atoms with E-state index in [0.717, 1.165) is 6.42 Å². The van der Waals surface area contributed by atoms with Gasteiger partial charge in [-0.05, 0) is 41.2 Å². The van der Waals surface area contributed by atoms with Crippen molar-refractivity contribution in [2.45, 2.75) is 33.1 Å². The van der Waals surface area contributed by atoms with Crippen molar-refractivity contribution in [3.05, 3.63) is 47.6 Å². The molecular weight excluding hydrogens is 218 g/mol. The summed E-state index contributed by atoms with van der Waals surface area (Å²) in [6.45, 7) is 10.5. The fraction of sp³-hybridized carbons (Fsp3) is 0.412. The van der Waals surface area contributed by atoms with E-state index in [2.05, 4.69) is 64.6 Å². The highest BCUT2D eigenvalue weighted by Crippen LogP contribution is 2.29. The van der Waals surface area contributed by atoms with Crippen molar-refractivity contribution in [1.82, 2.24) is 0 Å². The van der Waals surface area contributed by atoms with Crippen LogP contribution in [-0.4, -0.2) is 14.1 Å². The molecule has 0 saturated carbocycles. The van der Waals surface area contributed by atoms with Gasteiger partial charge in [0.1, 0.15) is 0 Å². The molecule has 0 spiro atoms. The molecule has 18 heavy (non-hydrogen) atoms. The molecule has 1 rings (SSSR count). The van der Waals surface area contributed by atoms with Crippen LogP contribution in [-0.2, 0) is 6.42 Å². The fourth-order valence-corrected chi connectivity index (χ4v) is 2.12. The predicted octanol–water partition coefficient (Wildman–Crippen LogP) is 4.64. The summed E-state index contributed by atoms with van der Waals surface area (Å²) in [6.07, 6.45) is 7.10. The lowest BCUT2D eigenvalue weighted by atomic mass is 9.91. The summed E-state index contributed by atoms with van der Waals surface area (Å²) in [6, 6.07) is 4.58. The number of hydrogen-bond donors (Lipinski definition) is 0. The Morgan fingerprint density at radius 3 is 2.39 bits per heavy atom. The summed E-state index contributed by atoms with van der Waals surface area (Å²) in [4.78, 5) is 2.17. The van der Waals surface area contributed by atoms with Gasteiger partial charge in [0, 0.05) is 19.8 Å². The Morgan fingerprint density at radius 2 is 1.94 bits per heavy atom. The second-order valence-corrected chi connectivity index (χ2v) is 5.11. The molecule has 0 aliphatic heterocycles. The molecule has 0 aromatic heterocycles. The predicted molar refractivity (Wildman–Crippen MR) is 83.5 cm³/mol. The number of rotatable bonds is 5. The monoisotopic (exact) mass is 243 g/mol. The molecule has 0 unspecified atom stereocenters. The Bertz CT molecular complexity index is 439. The molecule has 0 aliphatic rings. The lowest BCUT2D eigenvalue weighted by molar-refractivity contribution is 0.857. The minimum Gasteiger partial charge on any atom is -0.378 e. The summed E-state index contributed by atoms with van der Waals surface area (Å²) >= 11 is 0. The number of anilines is 1. The molecule has 0 amide bonds. The Kier molecular flexibility index (Phi) is 5.21. The van der Waals surface area contributed by atoms with Crippen LogP contribution in [0.25, 0.3) is 6.08 Å². The smallest absolute Gasteiger partial charge is 0.0367 e. The third-order valence-corrected chi connectivity index (χ3v) is 3.20. The van der Waals surface area contributed by atoms with Crippen LogP contribution in [0.2, 0.25) is 0 Å². The van der Waals surface area contributed by atoms with Gasteiger partial charge < -0.3 is 4.90 Å². The average Bonchev–Trinajstić information content (AvgIpc) is 2.34. The normalized spacial score (nSPS) is 11.2. The first-order valence-electron chi connectivity index (χ1n) is 6.64. The number of benzene rings is 1. The van der Waals surface area contributed by atoms with Crippen LogP contribution in [0, 0.1) is 0 Å². The number of allylic oxidation sites excluding steroid dienone is 2. The first-order valence-corrected chi connectivity index (χ1v) is 6.64. The minimum atomic E-state index is 0.527. The van der Waals surface area contributed by atoms with Crippen molar-refractivity contribution in [2.75, 3.05) is 19.0 Å². The molecule has 1 aromatic carbocycles. The molecule has 0 atom stereocenters. The Balaban J connectivity index is 3.45. The summed E-state index contributed by atoms with van der Waals surface area (Å²) in [5, 5.41) is 0. The highest BCUT2D eigenvalue weighted by atomic mass is 15.1. The second kappa shape index (κ2) is 6.44. The molecule has 1 heteroatoms. The standard InChI is InChI=1S/C17H25N/c1-7-9-10-16-14(8-2)11-15(18(5)6)12-17(16)13(3)4/h7,9-13H,1,8H2,2-6H3/b10-9+. The molecule has 1 aromatic rings. The Hall–Kier alpha value is -1.50. The van der Waals surface area contributed by atoms with Gasteiger partial charge in [0.05, 0.1) is 0 Å². The molecule has 0 radical (unpaired) electrons. The van der Waals surface area contributed by atoms with Gasteiger partial charge in [-0.1, -0.05) is 45.6 Å². The van der Waals surface area contributed by atoms with Gasteiger partial charge in [-0.15, -0.1) is 0 Å². The quantitative estimate of drug-likeness (QED) is 0.681. The number of hydrogen-bond acceptors (Lipinski definition) is 1. The fourth-order valence-electron chi connectivity index (χ4n) is 2.12. The van der Waals surface area contributed by atoms with Crippen LogP contribution in [0.15, 0.2) is 30.9 Å². The third kappa shape index (κ3) is 3.25. The van der Waals surface area contributed by atoms with Crippen molar-refractivity contribution in [3.63, 3.8) is 0 Å². The van der Waals surface area contributed by atoms with E-state index < -0.39 is 0 Å². The van der Waals surface area contributed by atoms with Gasteiger partial charge in [0.15, 0.2) is 0 Å². The molecular formula is C17H25N. The zero-order chi connectivity index (χ0) is 13.7. The Labute approximate surface area is 112 Å². The van der Waals surface area contributed by atoms with E-state index in [1.54, 1.807) is 0 Å². The molecule has 1 nitrogen and oxygen atoms in total. The Morgan fingerprint density at radius 1 is 1.28 bits per heavy atom. The van der Waals surface area contributed by atoms with Crippen LogP contribution in [0.4, 0.5) is 5.69 Å². The topological polar surface area (TPSA) is 3.24 Å². The molecule has 0 saturated heterocycles. The van der Waals surface area contributed by atoms with E-state index in [4.69, 9.17) is 0 Å². The van der Waals surface area contributed by atoms with Crippen LogP contribution >= 0.6 is 0 Å². The maximum Gasteiger partial charge on any atom is 0.0367 e. The summed E-state index contributed by atoms with van der Waals surface area (Å²) < 4.78 is 0. The maximum absolute atomic E-state index is 3.76. The van der Waals surface area contributed by atoms with Crippen LogP contribution in [0.3, 0.4) is 0 Å². The first-order chi connectivity index (χ1) is 8.51. The highest BCUT2D eigenvalue weighted by Gasteiger charge is 2.11. The minimum absolute atomic E-state index is 0.527. The van der Waals surface area contributed by atoms with Crippen LogP contribution < -0.4 is 4.90 Å². The summed E-state index contributed by atoms with van der Waals surface area (Å²) in [5.74, 6) is 0.527. The molecule has 0 fully saturated rings. The largest absolute Gasteiger partial charge is 0.378 e. The molecule has 0 aliphatic carbocycles. The van der Waals surface area contributed by atoms with Gasteiger partial charge in [0.25, 0.3) is 0 Å². The van der Waals surface area contributed by atoms with Crippen LogP contribution in [0.5, 0.6) is 0 Å². The lowest BCUT2D eigenvalue weighted by Gasteiger charge is -2.20. The summed E-state index contributed by atoms with van der Waals surface area (Å²) in [7, 11) is 4.19. The van der Waals surface area contributed by atoms with Gasteiger partial charge >= 0.3 is 0 Å². The summed E-state index contributed by atoms with van der Waals surface area (Å²) in [5.41, 5.74) is 5.46. The van der Waals surface area contributed by atoms with Gasteiger partial charge in [-0.3, -0.25) is 0 Å². The highest BCUT2D eigenvalue weighted by molar-refractivity contribution is 5.65. The van der Waals surface area contributed by atoms with E-state index in [-0.39, 0.29) is 0 Å². The van der Waals surface area contributed by atoms with E-state index in [0.29, 0.717) is 5.92 Å². The van der Waals surface area contributed by atoms with E-state index in [1.165, 1.54) is 22.4 Å². The van der Waals surface area contributed by atoms with Crippen molar-refractivity contribution in [2.24, 2.45) is 0 Å². The zero-order valence-electron chi connectivity index (χ0n) is 12.3. The van der Waals surface area contributed by atoms with Crippen molar-refractivity contribution in [3.8, 4) is 0 Å². The SMILES string of the molecule is C=C/C=C/c1c(CC)cc(N(C)C)cc1C(C)C. The number of aryl methyl sites for hydroxylation is 1. The van der Waals surface area contributed by atoms with Crippen molar-refractivity contribution < 1.29 is 0 Å². The second-order valence-electron chi connectivity index (χ2n) is 5.11. The van der Waals surface area contributed by atoms with Gasteiger partial charge in [-0.2, -0.15) is 0 Å². The van der Waals surface area contributed by atoms with Crippen molar-refractivity contribution >= 4 is 11.8 Å². The lowest BCUT2D eigenvalue weighted by Crippen LogP contribution is -2.11. The van der Waals surface area contributed by atoms with Crippen molar-refractivity contribution in [1.29, 1.82) is 0 Å². The zero-order valence-corrected chi connectivity index (χ0v) is 12.3. The van der Waals surface area contributed by atoms with E-state index in [1.807, 2.05) is 12.2 Å².